The Kier molecular flexibility index (Phi) is 11.6. The van der Waals surface area contributed by atoms with Gasteiger partial charge in [0.05, 0.1) is 0 Å². The largest absolute Gasteiger partial charge is 0.396 e. The standard InChI is InChI=1S/C8H10O.C6H14O/c9-7-6-8-4-2-1-3-5-8;1-2-3-4-5-6-7/h1-5,9H,6-7H2;7H,2-6H2,1H3. The summed E-state index contributed by atoms with van der Waals surface area (Å²) in [5, 5.41) is 16.8. The minimum atomic E-state index is 0.240. The lowest BCUT2D eigenvalue weighted by atomic mass is 10.2. The van der Waals surface area contributed by atoms with Crippen molar-refractivity contribution in [2.45, 2.75) is 39.0 Å². The zero-order valence-corrected chi connectivity index (χ0v) is 10.2. The van der Waals surface area contributed by atoms with Crippen LogP contribution in [-0.4, -0.2) is 23.4 Å². The van der Waals surface area contributed by atoms with Gasteiger partial charge in [0.2, 0.25) is 0 Å². The summed E-state index contributed by atoms with van der Waals surface area (Å²) >= 11 is 0. The second-order valence-electron chi connectivity index (χ2n) is 3.74. The molecule has 2 heteroatoms. The van der Waals surface area contributed by atoms with Gasteiger partial charge in [-0.2, -0.15) is 0 Å². The molecular weight excluding hydrogens is 200 g/mol. The van der Waals surface area contributed by atoms with Gasteiger partial charge in [-0.15, -0.1) is 0 Å². The van der Waals surface area contributed by atoms with E-state index in [1.54, 1.807) is 0 Å². The molecule has 0 bridgehead atoms. The third-order valence-corrected chi connectivity index (χ3v) is 2.25. The molecule has 0 aliphatic heterocycles. The van der Waals surface area contributed by atoms with Crippen molar-refractivity contribution in [3.63, 3.8) is 0 Å². The minimum Gasteiger partial charge on any atom is -0.396 e. The van der Waals surface area contributed by atoms with E-state index in [-0.39, 0.29) is 6.61 Å². The Hall–Kier alpha value is -0.860. The third kappa shape index (κ3) is 9.69. The molecule has 0 unspecified atom stereocenters. The Balaban J connectivity index is 0.000000293. The predicted octanol–water partition coefficient (Wildman–Crippen LogP) is 2.78. The van der Waals surface area contributed by atoms with Crippen LogP contribution in [0.4, 0.5) is 0 Å². The molecule has 1 rings (SSSR count). The van der Waals surface area contributed by atoms with Crippen molar-refractivity contribution < 1.29 is 10.2 Å². The Morgan fingerprint density at radius 3 is 2.06 bits per heavy atom. The van der Waals surface area contributed by atoms with Crippen LogP contribution in [-0.2, 0) is 6.42 Å². The second-order valence-corrected chi connectivity index (χ2v) is 3.74. The van der Waals surface area contributed by atoms with Crippen LogP contribution in [0.1, 0.15) is 38.2 Å². The zero-order valence-electron chi connectivity index (χ0n) is 10.2. The Morgan fingerprint density at radius 1 is 0.875 bits per heavy atom. The fourth-order valence-corrected chi connectivity index (χ4v) is 1.31. The van der Waals surface area contributed by atoms with Crippen molar-refractivity contribution in [2.24, 2.45) is 0 Å². The molecule has 0 aliphatic carbocycles. The van der Waals surface area contributed by atoms with Gasteiger partial charge in [-0.05, 0) is 18.4 Å². The van der Waals surface area contributed by atoms with E-state index >= 15 is 0 Å². The normalized spacial score (nSPS) is 9.44. The van der Waals surface area contributed by atoms with Crippen LogP contribution in [0.3, 0.4) is 0 Å². The summed E-state index contributed by atoms with van der Waals surface area (Å²) in [6.45, 7) is 2.77. The van der Waals surface area contributed by atoms with Crippen molar-refractivity contribution >= 4 is 0 Å². The van der Waals surface area contributed by atoms with Crippen LogP contribution < -0.4 is 0 Å². The van der Waals surface area contributed by atoms with Gasteiger partial charge in [0.1, 0.15) is 0 Å². The summed E-state index contributed by atoms with van der Waals surface area (Å²) in [5.74, 6) is 0. The van der Waals surface area contributed by atoms with E-state index in [4.69, 9.17) is 10.2 Å². The lowest BCUT2D eigenvalue weighted by Gasteiger charge is -1.93. The average molecular weight is 224 g/mol. The molecule has 0 fully saturated rings. The van der Waals surface area contributed by atoms with Crippen LogP contribution in [0.25, 0.3) is 0 Å². The fraction of sp³-hybridized carbons (Fsp3) is 0.571. The Bertz CT molecular complexity index is 217. The Morgan fingerprint density at radius 2 is 1.56 bits per heavy atom. The molecule has 1 aromatic rings. The molecule has 16 heavy (non-hydrogen) atoms. The number of aliphatic hydroxyl groups is 2. The van der Waals surface area contributed by atoms with Crippen LogP contribution in [0, 0.1) is 0 Å². The minimum absolute atomic E-state index is 0.240. The highest BCUT2D eigenvalue weighted by Gasteiger charge is 1.85. The molecule has 0 radical (unpaired) electrons. The number of unbranched alkanes of at least 4 members (excludes halogenated alkanes) is 3. The SMILES string of the molecule is CCCCCCO.OCCc1ccccc1. The fourth-order valence-electron chi connectivity index (χ4n) is 1.31. The van der Waals surface area contributed by atoms with Crippen LogP contribution in [0.15, 0.2) is 30.3 Å². The van der Waals surface area contributed by atoms with Gasteiger partial charge in [0.15, 0.2) is 0 Å². The molecule has 0 saturated heterocycles. The maximum absolute atomic E-state index is 8.52. The lowest BCUT2D eigenvalue weighted by molar-refractivity contribution is 0.283. The zero-order chi connectivity index (χ0) is 12.1. The quantitative estimate of drug-likeness (QED) is 0.729. The van der Waals surface area contributed by atoms with E-state index in [2.05, 4.69) is 6.92 Å². The molecule has 0 saturated carbocycles. The lowest BCUT2D eigenvalue weighted by Crippen LogP contribution is -1.88. The summed E-state index contributed by atoms with van der Waals surface area (Å²) in [4.78, 5) is 0. The van der Waals surface area contributed by atoms with Gasteiger partial charge in [-0.25, -0.2) is 0 Å². The molecule has 1 aromatic carbocycles. The van der Waals surface area contributed by atoms with E-state index in [0.717, 1.165) is 12.8 Å². The summed E-state index contributed by atoms with van der Waals surface area (Å²) < 4.78 is 0. The number of hydrogen-bond acceptors (Lipinski definition) is 2. The summed E-state index contributed by atoms with van der Waals surface area (Å²) in [7, 11) is 0. The first-order valence-electron chi connectivity index (χ1n) is 6.10. The molecule has 0 amide bonds. The maximum atomic E-state index is 8.52. The number of aliphatic hydroxyl groups excluding tert-OH is 2. The molecule has 0 spiro atoms. The van der Waals surface area contributed by atoms with E-state index in [0.29, 0.717) is 6.61 Å². The van der Waals surface area contributed by atoms with Crippen molar-refractivity contribution in [3.05, 3.63) is 35.9 Å². The number of benzene rings is 1. The summed E-state index contributed by atoms with van der Waals surface area (Å²) in [6.07, 6.45) is 5.45. The van der Waals surface area contributed by atoms with Gasteiger partial charge in [-0.1, -0.05) is 56.5 Å². The molecule has 92 valence electrons. The highest BCUT2D eigenvalue weighted by atomic mass is 16.3. The molecule has 2 nitrogen and oxygen atoms in total. The van der Waals surface area contributed by atoms with E-state index in [9.17, 15) is 0 Å². The third-order valence-electron chi connectivity index (χ3n) is 2.25. The van der Waals surface area contributed by atoms with Crippen molar-refractivity contribution in [2.75, 3.05) is 13.2 Å². The first-order valence-corrected chi connectivity index (χ1v) is 6.10. The second kappa shape index (κ2) is 12.2. The summed E-state index contributed by atoms with van der Waals surface area (Å²) in [5.41, 5.74) is 1.19. The first-order chi connectivity index (χ1) is 7.85. The maximum Gasteiger partial charge on any atom is 0.0471 e. The van der Waals surface area contributed by atoms with Crippen LogP contribution in [0.5, 0.6) is 0 Å². The molecule has 2 N–H and O–H groups in total. The smallest absolute Gasteiger partial charge is 0.0471 e. The molecular formula is C14H24O2. The highest BCUT2D eigenvalue weighted by molar-refractivity contribution is 5.14. The van der Waals surface area contributed by atoms with Gasteiger partial charge >= 0.3 is 0 Å². The Labute approximate surface area is 98.9 Å². The van der Waals surface area contributed by atoms with Crippen molar-refractivity contribution in [1.82, 2.24) is 0 Å². The summed E-state index contributed by atoms with van der Waals surface area (Å²) in [6, 6.07) is 9.95. The molecule has 0 aliphatic rings. The molecule has 0 atom stereocenters. The number of rotatable bonds is 6. The van der Waals surface area contributed by atoms with Crippen LogP contribution >= 0.6 is 0 Å². The predicted molar refractivity (Wildman–Crippen MR) is 68.5 cm³/mol. The van der Waals surface area contributed by atoms with E-state index in [1.165, 1.54) is 24.8 Å². The van der Waals surface area contributed by atoms with Gasteiger partial charge in [0.25, 0.3) is 0 Å². The molecule has 0 heterocycles. The first kappa shape index (κ1) is 15.1. The van der Waals surface area contributed by atoms with Crippen molar-refractivity contribution in [1.29, 1.82) is 0 Å². The van der Waals surface area contributed by atoms with E-state index in [1.807, 2.05) is 30.3 Å². The van der Waals surface area contributed by atoms with E-state index < -0.39 is 0 Å². The van der Waals surface area contributed by atoms with Gasteiger partial charge in [-0.3, -0.25) is 0 Å². The highest BCUT2D eigenvalue weighted by Crippen LogP contribution is 1.97. The molecule has 0 aromatic heterocycles. The topological polar surface area (TPSA) is 40.5 Å². The van der Waals surface area contributed by atoms with Crippen LogP contribution in [0.2, 0.25) is 0 Å². The monoisotopic (exact) mass is 224 g/mol. The number of hydrogen-bond donors (Lipinski definition) is 2. The average Bonchev–Trinajstić information content (AvgIpc) is 2.32. The van der Waals surface area contributed by atoms with Gasteiger partial charge in [0, 0.05) is 13.2 Å². The van der Waals surface area contributed by atoms with Gasteiger partial charge < -0.3 is 10.2 Å². The van der Waals surface area contributed by atoms with Crippen molar-refractivity contribution in [3.8, 4) is 0 Å².